The molecule has 0 atom stereocenters. The second-order valence-corrected chi connectivity index (χ2v) is 6.05. The topological polar surface area (TPSA) is 72.4 Å². The van der Waals surface area contributed by atoms with Crippen molar-refractivity contribution in [1.29, 1.82) is 0 Å². The number of amides is 1. The monoisotopic (exact) mass is 307 g/mol. The summed E-state index contributed by atoms with van der Waals surface area (Å²) in [5.74, 6) is 0.420. The van der Waals surface area contributed by atoms with E-state index in [9.17, 15) is 9.59 Å². The van der Waals surface area contributed by atoms with E-state index >= 15 is 0 Å². The Morgan fingerprint density at radius 2 is 2.18 bits per heavy atom. The van der Waals surface area contributed by atoms with Crippen LogP contribution in [0, 0.1) is 5.92 Å². The van der Waals surface area contributed by atoms with Crippen LogP contribution in [-0.2, 0) is 4.79 Å². The predicted molar refractivity (Wildman–Crippen MR) is 85.2 cm³/mol. The molecule has 1 aliphatic heterocycles. The van der Waals surface area contributed by atoms with Crippen LogP contribution in [0.2, 0.25) is 0 Å². The number of ether oxygens (including phenoxy) is 1. The predicted octanol–water partition coefficient (Wildman–Crippen LogP) is 0.924. The van der Waals surface area contributed by atoms with Crippen LogP contribution >= 0.6 is 0 Å². The van der Waals surface area contributed by atoms with Gasteiger partial charge >= 0.3 is 0 Å². The van der Waals surface area contributed by atoms with Gasteiger partial charge in [0.25, 0.3) is 11.5 Å². The van der Waals surface area contributed by atoms with E-state index in [0.29, 0.717) is 12.5 Å². The van der Waals surface area contributed by atoms with Gasteiger partial charge in [-0.3, -0.25) is 9.59 Å². The SMILES string of the molecule is CC(C)CNC(=O)COc1cccn(C2CCNCC2)c1=O. The number of nitrogens with one attached hydrogen (secondary N) is 2. The molecule has 1 aromatic rings. The van der Waals surface area contributed by atoms with Gasteiger partial charge in [-0.1, -0.05) is 13.8 Å². The fraction of sp³-hybridized carbons (Fsp3) is 0.625. The minimum absolute atomic E-state index is 0.127. The fourth-order valence-electron chi connectivity index (χ4n) is 2.48. The van der Waals surface area contributed by atoms with Crippen molar-refractivity contribution in [2.75, 3.05) is 26.2 Å². The van der Waals surface area contributed by atoms with Gasteiger partial charge in [0, 0.05) is 18.8 Å². The molecular weight excluding hydrogens is 282 g/mol. The lowest BCUT2D eigenvalue weighted by Gasteiger charge is -2.25. The molecule has 1 saturated heterocycles. The molecule has 6 heteroatoms. The summed E-state index contributed by atoms with van der Waals surface area (Å²) in [5.41, 5.74) is -0.161. The molecular formula is C16H25N3O3. The van der Waals surface area contributed by atoms with Gasteiger partial charge in [0.15, 0.2) is 12.4 Å². The number of rotatable bonds is 6. The number of carbonyl (C=O) groups excluding carboxylic acids is 1. The summed E-state index contributed by atoms with van der Waals surface area (Å²) in [6, 6.07) is 3.62. The van der Waals surface area contributed by atoms with Gasteiger partial charge in [0.05, 0.1) is 0 Å². The van der Waals surface area contributed by atoms with Crippen molar-refractivity contribution >= 4 is 5.91 Å². The number of carbonyl (C=O) groups is 1. The van der Waals surface area contributed by atoms with Crippen LogP contribution in [0.5, 0.6) is 5.75 Å². The first-order valence-electron chi connectivity index (χ1n) is 7.89. The number of hydrogen-bond acceptors (Lipinski definition) is 4. The van der Waals surface area contributed by atoms with E-state index in [0.717, 1.165) is 25.9 Å². The number of nitrogens with zero attached hydrogens (tertiary/aromatic N) is 1. The molecule has 1 aromatic heterocycles. The Morgan fingerprint density at radius 1 is 1.45 bits per heavy atom. The first kappa shape index (κ1) is 16.5. The van der Waals surface area contributed by atoms with E-state index in [1.807, 2.05) is 13.8 Å². The van der Waals surface area contributed by atoms with Crippen molar-refractivity contribution in [3.8, 4) is 5.75 Å². The number of hydrogen-bond donors (Lipinski definition) is 2. The van der Waals surface area contributed by atoms with Gasteiger partial charge in [-0.25, -0.2) is 0 Å². The highest BCUT2D eigenvalue weighted by molar-refractivity contribution is 5.77. The van der Waals surface area contributed by atoms with E-state index in [4.69, 9.17) is 4.74 Å². The number of aromatic nitrogens is 1. The fourth-order valence-corrected chi connectivity index (χ4v) is 2.48. The summed E-state index contributed by atoms with van der Waals surface area (Å²) in [5, 5.41) is 6.05. The van der Waals surface area contributed by atoms with E-state index in [1.165, 1.54) is 0 Å². The molecule has 122 valence electrons. The second kappa shape index (κ2) is 7.98. The minimum Gasteiger partial charge on any atom is -0.478 e. The zero-order chi connectivity index (χ0) is 15.9. The maximum atomic E-state index is 12.4. The van der Waals surface area contributed by atoms with Gasteiger partial charge in [0.2, 0.25) is 0 Å². The highest BCUT2D eigenvalue weighted by Gasteiger charge is 2.17. The van der Waals surface area contributed by atoms with Gasteiger partial charge < -0.3 is 19.9 Å². The van der Waals surface area contributed by atoms with Gasteiger partial charge in [-0.2, -0.15) is 0 Å². The third-order valence-corrected chi connectivity index (χ3v) is 3.71. The van der Waals surface area contributed by atoms with Crippen molar-refractivity contribution in [1.82, 2.24) is 15.2 Å². The van der Waals surface area contributed by atoms with Gasteiger partial charge in [0.1, 0.15) is 0 Å². The molecule has 1 amide bonds. The molecule has 1 aliphatic rings. The van der Waals surface area contributed by atoms with Crippen molar-refractivity contribution in [2.45, 2.75) is 32.7 Å². The molecule has 0 unspecified atom stereocenters. The average Bonchev–Trinajstić information content (AvgIpc) is 2.52. The molecule has 0 aromatic carbocycles. The molecule has 0 saturated carbocycles. The first-order valence-corrected chi connectivity index (χ1v) is 7.89. The Morgan fingerprint density at radius 3 is 2.86 bits per heavy atom. The molecule has 0 radical (unpaired) electrons. The van der Waals surface area contributed by atoms with Crippen molar-refractivity contribution in [2.24, 2.45) is 5.92 Å². The van der Waals surface area contributed by atoms with Crippen LogP contribution in [0.1, 0.15) is 32.7 Å². The summed E-state index contributed by atoms with van der Waals surface area (Å²) in [7, 11) is 0. The van der Waals surface area contributed by atoms with Crippen molar-refractivity contribution in [3.05, 3.63) is 28.7 Å². The molecule has 0 aliphatic carbocycles. The summed E-state index contributed by atoms with van der Waals surface area (Å²) < 4.78 is 7.13. The highest BCUT2D eigenvalue weighted by Crippen LogP contribution is 2.17. The molecule has 0 spiro atoms. The third kappa shape index (κ3) is 4.59. The normalized spacial score (nSPS) is 15.8. The highest BCUT2D eigenvalue weighted by atomic mass is 16.5. The van der Waals surface area contributed by atoms with Crippen LogP contribution in [-0.4, -0.2) is 36.7 Å². The summed E-state index contributed by atoms with van der Waals surface area (Å²) in [4.78, 5) is 24.1. The molecule has 0 bridgehead atoms. The van der Waals surface area contributed by atoms with Crippen LogP contribution in [0.25, 0.3) is 0 Å². The maximum Gasteiger partial charge on any atom is 0.293 e. The summed E-state index contributed by atoms with van der Waals surface area (Å²) >= 11 is 0. The average molecular weight is 307 g/mol. The largest absolute Gasteiger partial charge is 0.478 e. The van der Waals surface area contributed by atoms with E-state index in [1.54, 1.807) is 22.9 Å². The molecule has 6 nitrogen and oxygen atoms in total. The van der Waals surface area contributed by atoms with Crippen LogP contribution in [0.4, 0.5) is 0 Å². The minimum atomic E-state index is -0.203. The van der Waals surface area contributed by atoms with Crippen molar-refractivity contribution < 1.29 is 9.53 Å². The lowest BCUT2D eigenvalue weighted by Crippen LogP contribution is -2.35. The third-order valence-electron chi connectivity index (χ3n) is 3.71. The maximum absolute atomic E-state index is 12.4. The van der Waals surface area contributed by atoms with E-state index in [2.05, 4.69) is 10.6 Å². The lowest BCUT2D eigenvalue weighted by molar-refractivity contribution is -0.123. The molecule has 2 heterocycles. The molecule has 2 N–H and O–H groups in total. The van der Waals surface area contributed by atoms with Crippen LogP contribution < -0.4 is 20.9 Å². The number of pyridine rings is 1. The zero-order valence-corrected chi connectivity index (χ0v) is 13.3. The quantitative estimate of drug-likeness (QED) is 0.820. The molecule has 22 heavy (non-hydrogen) atoms. The van der Waals surface area contributed by atoms with E-state index in [-0.39, 0.29) is 29.9 Å². The number of piperidine rings is 1. The Balaban J connectivity index is 1.97. The van der Waals surface area contributed by atoms with Crippen molar-refractivity contribution in [3.63, 3.8) is 0 Å². The summed E-state index contributed by atoms with van der Waals surface area (Å²) in [6.45, 7) is 6.36. The Kier molecular flexibility index (Phi) is 6.00. The van der Waals surface area contributed by atoms with Gasteiger partial charge in [-0.15, -0.1) is 0 Å². The van der Waals surface area contributed by atoms with Gasteiger partial charge in [-0.05, 0) is 44.0 Å². The van der Waals surface area contributed by atoms with Crippen LogP contribution in [0.3, 0.4) is 0 Å². The van der Waals surface area contributed by atoms with Crippen LogP contribution in [0.15, 0.2) is 23.1 Å². The van der Waals surface area contributed by atoms with E-state index < -0.39 is 0 Å². The smallest absolute Gasteiger partial charge is 0.293 e. The first-order chi connectivity index (χ1) is 10.6. The lowest BCUT2D eigenvalue weighted by atomic mass is 10.1. The second-order valence-electron chi connectivity index (χ2n) is 6.05. The molecule has 2 rings (SSSR count). The Hall–Kier alpha value is -1.82. The molecule has 1 fully saturated rings. The summed E-state index contributed by atoms with van der Waals surface area (Å²) in [6.07, 6.45) is 3.65. The Labute approximate surface area is 130 Å². The Bertz CT molecular complexity index is 548. The standard InChI is InChI=1S/C16H25N3O3/c1-12(2)10-18-15(20)11-22-14-4-3-9-19(16(14)21)13-5-7-17-8-6-13/h3-4,9,12-13,17H,5-8,10-11H2,1-2H3,(H,18,20). The zero-order valence-electron chi connectivity index (χ0n) is 13.3.